The van der Waals surface area contributed by atoms with Crippen molar-refractivity contribution in [2.24, 2.45) is 0 Å². The van der Waals surface area contributed by atoms with Crippen molar-refractivity contribution in [1.82, 2.24) is 10.2 Å². The molecule has 6 heteroatoms. The SMILES string of the molecule is CCCc1ccc(C(=O)CN2C(=O)NC3(CCSC3)C2=O)cc1. The number of hydrogen-bond donors (Lipinski definition) is 1. The van der Waals surface area contributed by atoms with Crippen LogP contribution in [0.1, 0.15) is 35.7 Å². The fraction of sp³-hybridized carbons (Fsp3) is 0.471. The zero-order valence-electron chi connectivity index (χ0n) is 13.1. The molecule has 2 heterocycles. The van der Waals surface area contributed by atoms with Crippen molar-refractivity contribution < 1.29 is 14.4 Å². The average molecular weight is 332 g/mol. The van der Waals surface area contributed by atoms with E-state index in [4.69, 9.17) is 0 Å². The Bertz CT molecular complexity index is 636. The summed E-state index contributed by atoms with van der Waals surface area (Å²) in [6, 6.07) is 6.95. The van der Waals surface area contributed by atoms with Gasteiger partial charge < -0.3 is 5.32 Å². The molecule has 0 bridgehead atoms. The summed E-state index contributed by atoms with van der Waals surface area (Å²) >= 11 is 1.65. The van der Waals surface area contributed by atoms with E-state index in [1.165, 1.54) is 5.56 Å². The van der Waals surface area contributed by atoms with Gasteiger partial charge in [0.2, 0.25) is 0 Å². The van der Waals surface area contributed by atoms with E-state index >= 15 is 0 Å². The number of ketones is 1. The monoisotopic (exact) mass is 332 g/mol. The molecule has 2 aliphatic heterocycles. The highest BCUT2D eigenvalue weighted by atomic mass is 32.2. The predicted molar refractivity (Wildman–Crippen MR) is 89.7 cm³/mol. The molecule has 2 aliphatic rings. The van der Waals surface area contributed by atoms with Crippen LogP contribution < -0.4 is 5.32 Å². The van der Waals surface area contributed by atoms with Gasteiger partial charge >= 0.3 is 6.03 Å². The Balaban J connectivity index is 1.70. The smallest absolute Gasteiger partial charge is 0.322 e. The van der Waals surface area contributed by atoms with Crippen LogP contribution in [0.15, 0.2) is 24.3 Å². The van der Waals surface area contributed by atoms with Crippen molar-refractivity contribution in [1.29, 1.82) is 0 Å². The van der Waals surface area contributed by atoms with Gasteiger partial charge in [-0.2, -0.15) is 11.8 Å². The summed E-state index contributed by atoms with van der Waals surface area (Å²) in [5.74, 6) is 0.975. The van der Waals surface area contributed by atoms with Crippen LogP contribution in [-0.4, -0.2) is 46.2 Å². The molecule has 2 saturated heterocycles. The predicted octanol–water partition coefficient (Wildman–Crippen LogP) is 2.25. The van der Waals surface area contributed by atoms with Gasteiger partial charge in [0.1, 0.15) is 5.54 Å². The summed E-state index contributed by atoms with van der Waals surface area (Å²) in [6.45, 7) is 1.91. The quantitative estimate of drug-likeness (QED) is 0.663. The van der Waals surface area contributed by atoms with Crippen molar-refractivity contribution in [3.05, 3.63) is 35.4 Å². The summed E-state index contributed by atoms with van der Waals surface area (Å²) in [5, 5.41) is 2.78. The van der Waals surface area contributed by atoms with E-state index in [1.54, 1.807) is 23.9 Å². The Morgan fingerprint density at radius 3 is 2.65 bits per heavy atom. The first-order valence-corrected chi connectivity index (χ1v) is 9.05. The van der Waals surface area contributed by atoms with E-state index in [1.807, 2.05) is 12.1 Å². The summed E-state index contributed by atoms with van der Waals surface area (Å²) in [5.41, 5.74) is 0.931. The minimum atomic E-state index is -0.785. The van der Waals surface area contributed by atoms with Crippen LogP contribution >= 0.6 is 11.8 Å². The second-order valence-electron chi connectivity index (χ2n) is 6.08. The highest BCUT2D eigenvalue weighted by Gasteiger charge is 2.53. The van der Waals surface area contributed by atoms with E-state index in [-0.39, 0.29) is 18.2 Å². The molecule has 1 atom stereocenters. The number of Topliss-reactive ketones (excluding diaryl/α,β-unsaturated/α-hetero) is 1. The lowest BCUT2D eigenvalue weighted by molar-refractivity contribution is -0.130. The number of thioether (sulfide) groups is 1. The fourth-order valence-corrected chi connectivity index (χ4v) is 4.36. The van der Waals surface area contributed by atoms with Gasteiger partial charge in [-0.15, -0.1) is 0 Å². The average Bonchev–Trinajstić information content (AvgIpc) is 3.10. The number of benzene rings is 1. The molecular formula is C17H20N2O3S. The molecule has 122 valence electrons. The summed E-state index contributed by atoms with van der Waals surface area (Å²) < 4.78 is 0. The van der Waals surface area contributed by atoms with Gasteiger partial charge in [0.25, 0.3) is 5.91 Å². The van der Waals surface area contributed by atoms with Crippen LogP contribution in [0, 0.1) is 0 Å². The van der Waals surface area contributed by atoms with Crippen molar-refractivity contribution in [2.75, 3.05) is 18.1 Å². The molecule has 0 radical (unpaired) electrons. The first kappa shape index (κ1) is 16.1. The number of urea groups is 1. The Morgan fingerprint density at radius 2 is 2.04 bits per heavy atom. The number of hydrogen-bond acceptors (Lipinski definition) is 4. The van der Waals surface area contributed by atoms with Crippen molar-refractivity contribution in [3.8, 4) is 0 Å². The molecule has 3 rings (SSSR count). The second kappa shape index (κ2) is 6.35. The summed E-state index contributed by atoms with van der Waals surface area (Å²) in [6.07, 6.45) is 2.66. The molecule has 3 amide bonds. The Morgan fingerprint density at radius 1 is 1.30 bits per heavy atom. The minimum absolute atomic E-state index is 0.190. The third-order valence-electron chi connectivity index (χ3n) is 4.38. The van der Waals surface area contributed by atoms with E-state index in [9.17, 15) is 14.4 Å². The number of amides is 3. The molecule has 0 aromatic heterocycles. The van der Waals surface area contributed by atoms with Crippen molar-refractivity contribution >= 4 is 29.5 Å². The van der Waals surface area contributed by atoms with Gasteiger partial charge in [0.05, 0.1) is 6.54 Å². The number of aryl methyl sites for hydroxylation is 1. The Labute approximate surface area is 139 Å². The zero-order chi connectivity index (χ0) is 16.4. The molecule has 1 aromatic rings. The molecule has 5 nitrogen and oxygen atoms in total. The van der Waals surface area contributed by atoms with Crippen LogP contribution in [0.25, 0.3) is 0 Å². The summed E-state index contributed by atoms with van der Waals surface area (Å²) in [7, 11) is 0. The normalized spacial score (nSPS) is 23.6. The van der Waals surface area contributed by atoms with Gasteiger partial charge in [-0.3, -0.25) is 14.5 Å². The minimum Gasteiger partial charge on any atom is -0.322 e. The van der Waals surface area contributed by atoms with Gasteiger partial charge in [-0.05, 0) is 24.2 Å². The third-order valence-corrected chi connectivity index (χ3v) is 5.57. The van der Waals surface area contributed by atoms with E-state index < -0.39 is 11.6 Å². The molecule has 2 fully saturated rings. The first-order valence-electron chi connectivity index (χ1n) is 7.90. The summed E-state index contributed by atoms with van der Waals surface area (Å²) in [4.78, 5) is 38.1. The number of nitrogens with zero attached hydrogens (tertiary/aromatic N) is 1. The zero-order valence-corrected chi connectivity index (χ0v) is 13.9. The first-order chi connectivity index (χ1) is 11.1. The van der Waals surface area contributed by atoms with Gasteiger partial charge in [0, 0.05) is 11.3 Å². The number of nitrogens with one attached hydrogen (secondary N) is 1. The number of carbonyl (C=O) groups excluding carboxylic acids is 3. The maximum atomic E-state index is 12.5. The highest BCUT2D eigenvalue weighted by Crippen LogP contribution is 2.33. The molecule has 23 heavy (non-hydrogen) atoms. The highest BCUT2D eigenvalue weighted by molar-refractivity contribution is 7.99. The Kier molecular flexibility index (Phi) is 4.43. The second-order valence-corrected chi connectivity index (χ2v) is 7.18. The maximum Gasteiger partial charge on any atom is 0.325 e. The molecule has 1 unspecified atom stereocenters. The van der Waals surface area contributed by atoms with E-state index in [2.05, 4.69) is 12.2 Å². The molecule has 1 aromatic carbocycles. The number of carbonyl (C=O) groups is 3. The molecule has 0 aliphatic carbocycles. The third kappa shape index (κ3) is 3.00. The maximum absolute atomic E-state index is 12.5. The van der Waals surface area contributed by atoms with E-state index in [0.29, 0.717) is 17.7 Å². The Hall–Kier alpha value is -1.82. The van der Waals surface area contributed by atoms with Gasteiger partial charge in [-0.25, -0.2) is 4.79 Å². The molecule has 0 saturated carbocycles. The number of rotatable bonds is 5. The number of imide groups is 1. The standard InChI is InChI=1S/C17H20N2O3S/c1-2-3-12-4-6-13(7-5-12)14(20)10-19-15(21)17(18-16(19)22)8-9-23-11-17/h4-7H,2-3,8-11H2,1H3,(H,18,22). The van der Waals surface area contributed by atoms with Crippen molar-refractivity contribution in [3.63, 3.8) is 0 Å². The van der Waals surface area contributed by atoms with Crippen molar-refractivity contribution in [2.45, 2.75) is 31.7 Å². The van der Waals surface area contributed by atoms with Crippen LogP contribution in [0.5, 0.6) is 0 Å². The lowest BCUT2D eigenvalue weighted by Gasteiger charge is -2.18. The van der Waals surface area contributed by atoms with Crippen LogP contribution in [-0.2, 0) is 11.2 Å². The van der Waals surface area contributed by atoms with E-state index in [0.717, 1.165) is 23.5 Å². The molecular weight excluding hydrogens is 312 g/mol. The van der Waals surface area contributed by atoms with Gasteiger partial charge in [-0.1, -0.05) is 37.6 Å². The fourth-order valence-electron chi connectivity index (χ4n) is 3.03. The van der Waals surface area contributed by atoms with Gasteiger partial charge in [0.15, 0.2) is 5.78 Å². The largest absolute Gasteiger partial charge is 0.325 e. The van der Waals surface area contributed by atoms with Crippen LogP contribution in [0.4, 0.5) is 4.79 Å². The topological polar surface area (TPSA) is 66.5 Å². The van der Waals surface area contributed by atoms with Crippen LogP contribution in [0.2, 0.25) is 0 Å². The van der Waals surface area contributed by atoms with Crippen LogP contribution in [0.3, 0.4) is 0 Å². The lowest BCUT2D eigenvalue weighted by Crippen LogP contribution is -2.47. The molecule has 1 N–H and O–H groups in total. The molecule has 1 spiro atoms. The lowest BCUT2D eigenvalue weighted by atomic mass is 9.99.